The summed E-state index contributed by atoms with van der Waals surface area (Å²) in [6, 6.07) is -0.148. The van der Waals surface area contributed by atoms with Crippen molar-refractivity contribution in [2.45, 2.75) is 32.4 Å². The first kappa shape index (κ1) is 12.3. The summed E-state index contributed by atoms with van der Waals surface area (Å²) in [6.07, 6.45) is -0.462. The van der Waals surface area contributed by atoms with E-state index in [-0.39, 0.29) is 18.6 Å². The van der Waals surface area contributed by atoms with Gasteiger partial charge < -0.3 is 19.9 Å². The van der Waals surface area contributed by atoms with Gasteiger partial charge in [-0.1, -0.05) is 0 Å². The molecule has 0 saturated carbocycles. The second kappa shape index (κ2) is 4.81. The zero-order valence-electron chi connectivity index (χ0n) is 9.45. The summed E-state index contributed by atoms with van der Waals surface area (Å²) < 4.78 is 10.3. The lowest BCUT2D eigenvalue weighted by atomic mass is 10.1. The van der Waals surface area contributed by atoms with Crippen LogP contribution in [0.15, 0.2) is 0 Å². The van der Waals surface area contributed by atoms with E-state index in [1.165, 1.54) is 0 Å². The average Bonchev–Trinajstić information content (AvgIpc) is 2.48. The van der Waals surface area contributed by atoms with E-state index in [2.05, 4.69) is 5.32 Å². The number of hydrogen-bond acceptors (Lipinski definition) is 4. The third-order valence-electron chi connectivity index (χ3n) is 2.14. The molecule has 1 heterocycles. The van der Waals surface area contributed by atoms with Crippen molar-refractivity contribution in [3.8, 4) is 0 Å². The van der Waals surface area contributed by atoms with Gasteiger partial charge in [-0.2, -0.15) is 0 Å². The number of carbonyl (C=O) groups excluding carboxylic acids is 1. The Morgan fingerprint density at radius 2 is 2.20 bits per heavy atom. The molecule has 1 amide bonds. The molecule has 1 aliphatic heterocycles. The molecule has 2 atom stereocenters. The quantitative estimate of drug-likeness (QED) is 0.707. The normalized spacial score (nSPS) is 26.4. The van der Waals surface area contributed by atoms with Gasteiger partial charge in [0.1, 0.15) is 5.60 Å². The summed E-state index contributed by atoms with van der Waals surface area (Å²) in [5.74, 6) is -0.0301. The third kappa shape index (κ3) is 4.05. The lowest BCUT2D eigenvalue weighted by molar-refractivity contribution is 0.0485. The molecule has 1 saturated heterocycles. The van der Waals surface area contributed by atoms with Gasteiger partial charge in [0.05, 0.1) is 25.9 Å². The van der Waals surface area contributed by atoms with E-state index in [0.717, 1.165) is 0 Å². The molecule has 5 nitrogen and oxygen atoms in total. The van der Waals surface area contributed by atoms with Crippen LogP contribution in [0.5, 0.6) is 0 Å². The minimum absolute atomic E-state index is 0.0143. The van der Waals surface area contributed by atoms with E-state index in [1.54, 1.807) is 20.8 Å². The van der Waals surface area contributed by atoms with Crippen LogP contribution in [0.1, 0.15) is 20.8 Å². The lowest BCUT2D eigenvalue weighted by Gasteiger charge is -2.23. The summed E-state index contributed by atoms with van der Waals surface area (Å²) in [5, 5.41) is 11.7. The Hall–Kier alpha value is -0.810. The van der Waals surface area contributed by atoms with E-state index >= 15 is 0 Å². The maximum absolute atomic E-state index is 11.4. The number of ether oxygens (including phenoxy) is 2. The summed E-state index contributed by atoms with van der Waals surface area (Å²) >= 11 is 0. The Morgan fingerprint density at radius 1 is 1.53 bits per heavy atom. The molecule has 88 valence electrons. The number of aliphatic hydroxyl groups excluding tert-OH is 1. The number of rotatable bonds is 2. The van der Waals surface area contributed by atoms with Gasteiger partial charge in [0.2, 0.25) is 0 Å². The van der Waals surface area contributed by atoms with E-state index in [9.17, 15) is 4.79 Å². The summed E-state index contributed by atoms with van der Waals surface area (Å²) in [7, 11) is 0. The van der Waals surface area contributed by atoms with Crippen molar-refractivity contribution in [1.82, 2.24) is 5.32 Å². The molecule has 1 rings (SSSR count). The van der Waals surface area contributed by atoms with Crippen molar-refractivity contribution < 1.29 is 19.4 Å². The number of nitrogens with one attached hydrogen (secondary N) is 1. The molecule has 0 unspecified atom stereocenters. The first-order valence-electron chi connectivity index (χ1n) is 5.10. The molecule has 2 N–H and O–H groups in total. The molecular formula is C10H19NO4. The fourth-order valence-electron chi connectivity index (χ4n) is 1.40. The minimum atomic E-state index is -0.502. The first-order valence-corrected chi connectivity index (χ1v) is 5.10. The van der Waals surface area contributed by atoms with Crippen LogP contribution >= 0.6 is 0 Å². The Labute approximate surface area is 89.8 Å². The van der Waals surface area contributed by atoms with Crippen LogP contribution in [0.4, 0.5) is 4.79 Å². The molecular weight excluding hydrogens is 198 g/mol. The summed E-state index contributed by atoms with van der Waals surface area (Å²) in [6.45, 7) is 6.35. The van der Waals surface area contributed by atoms with Crippen molar-refractivity contribution >= 4 is 6.09 Å². The lowest BCUT2D eigenvalue weighted by Crippen LogP contribution is -2.43. The highest BCUT2D eigenvalue weighted by Crippen LogP contribution is 2.14. The van der Waals surface area contributed by atoms with Crippen molar-refractivity contribution in [3.05, 3.63) is 0 Å². The predicted octanol–water partition coefficient (Wildman–Crippen LogP) is 0.518. The maximum atomic E-state index is 11.4. The standard InChI is InChI=1S/C10H19NO4/c1-10(2,3)15-9(13)11-8-6-14-5-7(8)4-12/h7-8,12H,4-6H2,1-3H3,(H,11,13)/t7-,8-/m0/s1. The second-order valence-electron chi connectivity index (χ2n) is 4.73. The van der Waals surface area contributed by atoms with Crippen LogP contribution in [0, 0.1) is 5.92 Å². The minimum Gasteiger partial charge on any atom is -0.444 e. The van der Waals surface area contributed by atoms with Crippen LogP contribution in [0.25, 0.3) is 0 Å². The molecule has 0 aromatic rings. The molecule has 0 aromatic carbocycles. The molecule has 0 aliphatic carbocycles. The Bertz CT molecular complexity index is 224. The zero-order chi connectivity index (χ0) is 11.5. The van der Waals surface area contributed by atoms with Gasteiger partial charge >= 0.3 is 6.09 Å². The Kier molecular flexibility index (Phi) is 3.93. The highest BCUT2D eigenvalue weighted by molar-refractivity contribution is 5.68. The van der Waals surface area contributed by atoms with E-state index in [0.29, 0.717) is 13.2 Å². The predicted molar refractivity (Wildman–Crippen MR) is 54.6 cm³/mol. The van der Waals surface area contributed by atoms with E-state index in [4.69, 9.17) is 14.6 Å². The highest BCUT2D eigenvalue weighted by atomic mass is 16.6. The molecule has 5 heteroatoms. The first-order chi connectivity index (χ1) is 6.92. The van der Waals surface area contributed by atoms with E-state index < -0.39 is 11.7 Å². The van der Waals surface area contributed by atoms with E-state index in [1.807, 2.05) is 0 Å². The van der Waals surface area contributed by atoms with Gasteiger partial charge in [-0.15, -0.1) is 0 Å². The average molecular weight is 217 g/mol. The van der Waals surface area contributed by atoms with Gasteiger partial charge in [0.15, 0.2) is 0 Å². The molecule has 1 fully saturated rings. The monoisotopic (exact) mass is 217 g/mol. The van der Waals surface area contributed by atoms with Gasteiger partial charge in [-0.3, -0.25) is 0 Å². The molecule has 0 aromatic heterocycles. The van der Waals surface area contributed by atoms with Crippen molar-refractivity contribution in [2.75, 3.05) is 19.8 Å². The van der Waals surface area contributed by atoms with Gasteiger partial charge in [-0.25, -0.2) is 4.79 Å². The SMILES string of the molecule is CC(C)(C)OC(=O)N[C@H]1COC[C@@H]1CO. The Balaban J connectivity index is 2.37. The second-order valence-corrected chi connectivity index (χ2v) is 4.73. The number of alkyl carbamates (subject to hydrolysis) is 1. The number of carbonyl (C=O) groups is 1. The zero-order valence-corrected chi connectivity index (χ0v) is 9.45. The number of amides is 1. The smallest absolute Gasteiger partial charge is 0.407 e. The fraction of sp³-hybridized carbons (Fsp3) is 0.900. The summed E-state index contributed by atoms with van der Waals surface area (Å²) in [4.78, 5) is 11.4. The molecule has 0 radical (unpaired) electrons. The topological polar surface area (TPSA) is 67.8 Å². The number of hydrogen-bond donors (Lipinski definition) is 2. The largest absolute Gasteiger partial charge is 0.444 e. The van der Waals surface area contributed by atoms with Crippen molar-refractivity contribution in [1.29, 1.82) is 0 Å². The molecule has 0 spiro atoms. The summed E-state index contributed by atoms with van der Waals surface area (Å²) in [5.41, 5.74) is -0.502. The third-order valence-corrected chi connectivity index (χ3v) is 2.14. The van der Waals surface area contributed by atoms with Gasteiger partial charge in [-0.05, 0) is 20.8 Å². The van der Waals surface area contributed by atoms with Crippen molar-refractivity contribution in [3.63, 3.8) is 0 Å². The van der Waals surface area contributed by atoms with Crippen LogP contribution < -0.4 is 5.32 Å². The molecule has 0 bridgehead atoms. The maximum Gasteiger partial charge on any atom is 0.407 e. The van der Waals surface area contributed by atoms with Gasteiger partial charge in [0, 0.05) is 5.92 Å². The van der Waals surface area contributed by atoms with Crippen LogP contribution in [-0.2, 0) is 9.47 Å². The fourth-order valence-corrected chi connectivity index (χ4v) is 1.40. The Morgan fingerprint density at radius 3 is 2.73 bits per heavy atom. The van der Waals surface area contributed by atoms with Crippen molar-refractivity contribution in [2.24, 2.45) is 5.92 Å². The number of aliphatic hydroxyl groups is 1. The highest BCUT2D eigenvalue weighted by Gasteiger charge is 2.30. The van der Waals surface area contributed by atoms with Gasteiger partial charge in [0.25, 0.3) is 0 Å². The van der Waals surface area contributed by atoms with Crippen LogP contribution in [-0.4, -0.2) is 42.7 Å². The molecule has 15 heavy (non-hydrogen) atoms. The molecule has 1 aliphatic rings. The van der Waals surface area contributed by atoms with Crippen LogP contribution in [0.2, 0.25) is 0 Å². The van der Waals surface area contributed by atoms with Crippen LogP contribution in [0.3, 0.4) is 0 Å².